The minimum absolute atomic E-state index is 0.260. The number of hydrogen-bond acceptors (Lipinski definition) is 5. The number of rotatable bonds is 7. The Morgan fingerprint density at radius 3 is 2.28 bits per heavy atom. The van der Waals surface area contributed by atoms with Crippen molar-refractivity contribution in [3.05, 3.63) is 125 Å². The first-order valence-electron chi connectivity index (χ1n) is 12.4. The van der Waals surface area contributed by atoms with Crippen molar-refractivity contribution in [2.75, 3.05) is 6.54 Å². The zero-order valence-corrected chi connectivity index (χ0v) is 21.2. The number of hydrazone groups is 1. The van der Waals surface area contributed by atoms with E-state index in [0.717, 1.165) is 27.1 Å². The zero-order valence-electron chi connectivity index (χ0n) is 21.2. The second-order valence-electron chi connectivity index (χ2n) is 8.96. The van der Waals surface area contributed by atoms with E-state index in [9.17, 15) is 14.4 Å². The minimum Gasteiger partial charge on any atom is -0.422 e. The van der Waals surface area contributed by atoms with Gasteiger partial charge >= 0.3 is 5.97 Å². The lowest BCUT2D eigenvalue weighted by Gasteiger charge is -2.11. The molecule has 5 aromatic rings. The average molecular weight is 516 g/mol. The van der Waals surface area contributed by atoms with Crippen LogP contribution in [0.15, 0.2) is 108 Å². The van der Waals surface area contributed by atoms with Gasteiger partial charge in [-0.3, -0.25) is 9.59 Å². The maximum Gasteiger partial charge on any atom is 0.343 e. The Morgan fingerprint density at radius 2 is 1.49 bits per heavy atom. The third kappa shape index (κ3) is 5.83. The van der Waals surface area contributed by atoms with E-state index in [0.29, 0.717) is 22.4 Å². The average Bonchev–Trinajstić information content (AvgIpc) is 2.96. The number of benzene rings is 5. The summed E-state index contributed by atoms with van der Waals surface area (Å²) in [5.41, 5.74) is 4.83. The van der Waals surface area contributed by atoms with Crippen LogP contribution in [-0.2, 0) is 4.79 Å². The highest BCUT2D eigenvalue weighted by Crippen LogP contribution is 2.27. The summed E-state index contributed by atoms with van der Waals surface area (Å²) in [6.45, 7) is 1.64. The van der Waals surface area contributed by atoms with Crippen molar-refractivity contribution in [3.63, 3.8) is 0 Å². The number of nitrogens with one attached hydrogen (secondary N) is 2. The largest absolute Gasteiger partial charge is 0.422 e. The van der Waals surface area contributed by atoms with E-state index in [4.69, 9.17) is 4.74 Å². The third-order valence-corrected chi connectivity index (χ3v) is 6.21. The van der Waals surface area contributed by atoms with E-state index in [-0.39, 0.29) is 12.5 Å². The summed E-state index contributed by atoms with van der Waals surface area (Å²) in [6, 6.07) is 31.3. The predicted octanol–water partition coefficient (Wildman–Crippen LogP) is 5.40. The first-order chi connectivity index (χ1) is 19.0. The Bertz CT molecular complexity index is 1740. The molecule has 7 nitrogen and oxygen atoms in total. The molecule has 5 rings (SSSR count). The van der Waals surface area contributed by atoms with Crippen LogP contribution in [0.2, 0.25) is 0 Å². The van der Waals surface area contributed by atoms with Gasteiger partial charge in [-0.05, 0) is 52.7 Å². The van der Waals surface area contributed by atoms with Crippen LogP contribution < -0.4 is 15.5 Å². The highest BCUT2D eigenvalue weighted by molar-refractivity contribution is 6.08. The van der Waals surface area contributed by atoms with E-state index in [1.807, 2.05) is 73.7 Å². The van der Waals surface area contributed by atoms with E-state index < -0.39 is 11.9 Å². The molecule has 0 atom stereocenters. The van der Waals surface area contributed by atoms with Gasteiger partial charge in [0.25, 0.3) is 11.8 Å². The van der Waals surface area contributed by atoms with Crippen molar-refractivity contribution < 1.29 is 19.1 Å². The van der Waals surface area contributed by atoms with Crippen LogP contribution in [0, 0.1) is 6.92 Å². The number of ether oxygens (including phenoxy) is 1. The van der Waals surface area contributed by atoms with Gasteiger partial charge in [0.1, 0.15) is 5.75 Å². The SMILES string of the molecule is Cc1cccc(C(=O)Oc2ccc3ccccc3c2C=NNC(=O)CNC(=O)c2cccc3ccccc23)c1. The van der Waals surface area contributed by atoms with Gasteiger partial charge in [-0.1, -0.05) is 84.4 Å². The first kappa shape index (κ1) is 25.4. The maximum atomic E-state index is 12.8. The Kier molecular flexibility index (Phi) is 7.41. The Balaban J connectivity index is 1.29. The number of aryl methyl sites for hydroxylation is 1. The van der Waals surface area contributed by atoms with Crippen LogP contribution in [0.1, 0.15) is 31.8 Å². The Labute approximate surface area is 225 Å². The monoisotopic (exact) mass is 515 g/mol. The van der Waals surface area contributed by atoms with Crippen molar-refractivity contribution in [1.29, 1.82) is 0 Å². The van der Waals surface area contributed by atoms with Crippen LogP contribution in [-0.4, -0.2) is 30.5 Å². The fourth-order valence-corrected chi connectivity index (χ4v) is 4.32. The molecular formula is C32H25N3O4. The summed E-state index contributed by atoms with van der Waals surface area (Å²) < 4.78 is 5.72. The standard InChI is InChI=1S/C32H25N3O4/c1-21-8-6-12-24(18-21)32(38)39-29-17-16-23-10-3-5-14-26(23)28(29)19-34-35-30(36)20-33-31(37)27-15-7-11-22-9-2-4-13-25(22)27/h2-19H,20H2,1H3,(H,33,37)(H,35,36). The molecule has 39 heavy (non-hydrogen) atoms. The molecule has 0 heterocycles. The van der Waals surface area contributed by atoms with Gasteiger partial charge in [-0.25, -0.2) is 10.2 Å². The van der Waals surface area contributed by atoms with Crippen molar-refractivity contribution in [2.24, 2.45) is 5.10 Å². The number of nitrogens with zero attached hydrogens (tertiary/aromatic N) is 1. The molecule has 192 valence electrons. The van der Waals surface area contributed by atoms with E-state index in [1.54, 1.807) is 36.4 Å². The van der Waals surface area contributed by atoms with Gasteiger partial charge in [0, 0.05) is 11.1 Å². The number of esters is 1. The number of amides is 2. The topological polar surface area (TPSA) is 96.9 Å². The molecule has 0 aliphatic heterocycles. The Morgan fingerprint density at radius 1 is 0.795 bits per heavy atom. The quantitative estimate of drug-likeness (QED) is 0.131. The van der Waals surface area contributed by atoms with E-state index in [2.05, 4.69) is 15.8 Å². The highest BCUT2D eigenvalue weighted by atomic mass is 16.5. The summed E-state index contributed by atoms with van der Waals surface area (Å²) in [5, 5.41) is 10.2. The summed E-state index contributed by atoms with van der Waals surface area (Å²) in [7, 11) is 0. The lowest BCUT2D eigenvalue weighted by molar-refractivity contribution is -0.120. The van der Waals surface area contributed by atoms with Crippen molar-refractivity contribution in [3.8, 4) is 5.75 Å². The molecule has 0 fully saturated rings. The molecule has 2 amide bonds. The molecule has 0 saturated heterocycles. The number of carbonyl (C=O) groups is 3. The third-order valence-electron chi connectivity index (χ3n) is 6.21. The molecular weight excluding hydrogens is 490 g/mol. The summed E-state index contributed by atoms with van der Waals surface area (Å²) in [5.74, 6) is -1.05. The van der Waals surface area contributed by atoms with E-state index in [1.165, 1.54) is 6.21 Å². The lowest BCUT2D eigenvalue weighted by atomic mass is 10.0. The van der Waals surface area contributed by atoms with Crippen LogP contribution in [0.25, 0.3) is 21.5 Å². The predicted molar refractivity (Wildman–Crippen MR) is 152 cm³/mol. The number of fused-ring (bicyclic) bond motifs is 2. The molecule has 0 saturated carbocycles. The lowest BCUT2D eigenvalue weighted by Crippen LogP contribution is -2.35. The fourth-order valence-electron chi connectivity index (χ4n) is 4.32. The number of hydrogen-bond donors (Lipinski definition) is 2. The molecule has 0 bridgehead atoms. The summed E-state index contributed by atoms with van der Waals surface area (Å²) in [4.78, 5) is 38.0. The highest BCUT2D eigenvalue weighted by Gasteiger charge is 2.14. The molecule has 0 unspecified atom stereocenters. The second kappa shape index (κ2) is 11.4. The molecule has 0 aliphatic rings. The van der Waals surface area contributed by atoms with E-state index >= 15 is 0 Å². The smallest absolute Gasteiger partial charge is 0.343 e. The van der Waals surface area contributed by atoms with Gasteiger partial charge in [-0.15, -0.1) is 0 Å². The van der Waals surface area contributed by atoms with Crippen molar-refractivity contribution >= 4 is 45.5 Å². The van der Waals surface area contributed by atoms with Crippen LogP contribution in [0.4, 0.5) is 0 Å². The van der Waals surface area contributed by atoms with Gasteiger partial charge in [0.05, 0.1) is 18.3 Å². The van der Waals surface area contributed by atoms with Gasteiger partial charge in [0.2, 0.25) is 0 Å². The maximum absolute atomic E-state index is 12.8. The van der Waals surface area contributed by atoms with Crippen molar-refractivity contribution in [1.82, 2.24) is 10.7 Å². The summed E-state index contributed by atoms with van der Waals surface area (Å²) in [6.07, 6.45) is 1.44. The zero-order chi connectivity index (χ0) is 27.2. The van der Waals surface area contributed by atoms with Gasteiger partial charge in [0.15, 0.2) is 0 Å². The second-order valence-corrected chi connectivity index (χ2v) is 8.96. The molecule has 0 spiro atoms. The van der Waals surface area contributed by atoms with Gasteiger partial charge in [-0.2, -0.15) is 5.10 Å². The normalized spacial score (nSPS) is 11.0. The van der Waals surface area contributed by atoms with Crippen LogP contribution in [0.3, 0.4) is 0 Å². The minimum atomic E-state index is -0.502. The fraction of sp³-hybridized carbons (Fsp3) is 0.0625. The molecule has 0 aromatic heterocycles. The van der Waals surface area contributed by atoms with Crippen LogP contribution in [0.5, 0.6) is 5.75 Å². The molecule has 0 aliphatic carbocycles. The first-order valence-corrected chi connectivity index (χ1v) is 12.4. The number of carbonyl (C=O) groups excluding carboxylic acids is 3. The molecule has 5 aromatic carbocycles. The van der Waals surface area contributed by atoms with Crippen molar-refractivity contribution in [2.45, 2.75) is 6.92 Å². The van der Waals surface area contributed by atoms with Crippen LogP contribution >= 0.6 is 0 Å². The Hall–Kier alpha value is -5.30. The molecule has 0 radical (unpaired) electrons. The molecule has 7 heteroatoms. The van der Waals surface area contributed by atoms with Gasteiger partial charge < -0.3 is 10.1 Å². The molecule has 2 N–H and O–H groups in total. The summed E-state index contributed by atoms with van der Waals surface area (Å²) >= 11 is 0.